The van der Waals surface area contributed by atoms with Gasteiger partial charge in [-0.25, -0.2) is 0 Å². The molecule has 0 radical (unpaired) electrons. The van der Waals surface area contributed by atoms with Gasteiger partial charge >= 0.3 is 0 Å². The van der Waals surface area contributed by atoms with Gasteiger partial charge in [0, 0.05) is 11.1 Å². The fourth-order valence-corrected chi connectivity index (χ4v) is 2.02. The van der Waals surface area contributed by atoms with Crippen molar-refractivity contribution in [1.82, 2.24) is 0 Å². The van der Waals surface area contributed by atoms with Crippen LogP contribution >= 0.6 is 15.9 Å². The van der Waals surface area contributed by atoms with Crippen LogP contribution in [-0.2, 0) is 6.42 Å². The number of benzene rings is 2. The van der Waals surface area contributed by atoms with Crippen molar-refractivity contribution in [3.63, 3.8) is 0 Å². The largest absolute Gasteiger partial charge is 0.456 e. The SMILES string of the molecule is N#Cc1cc(Br)ccc1Oc1ccc(CCO)cc1. The summed E-state index contributed by atoms with van der Waals surface area (Å²) in [7, 11) is 0. The van der Waals surface area contributed by atoms with E-state index in [-0.39, 0.29) is 6.61 Å². The number of hydrogen-bond acceptors (Lipinski definition) is 3. The van der Waals surface area contributed by atoms with Crippen molar-refractivity contribution in [2.45, 2.75) is 6.42 Å². The van der Waals surface area contributed by atoms with Crippen molar-refractivity contribution in [2.75, 3.05) is 6.61 Å². The molecule has 96 valence electrons. The number of aliphatic hydroxyl groups is 1. The molecule has 0 saturated carbocycles. The minimum absolute atomic E-state index is 0.130. The maximum absolute atomic E-state index is 9.06. The van der Waals surface area contributed by atoms with Crippen molar-refractivity contribution in [1.29, 1.82) is 5.26 Å². The Hall–Kier alpha value is -1.83. The highest BCUT2D eigenvalue weighted by Crippen LogP contribution is 2.27. The summed E-state index contributed by atoms with van der Waals surface area (Å²) in [4.78, 5) is 0. The number of rotatable bonds is 4. The molecule has 2 aromatic carbocycles. The monoisotopic (exact) mass is 317 g/mol. The molecule has 0 spiro atoms. The van der Waals surface area contributed by atoms with Crippen LogP contribution in [0, 0.1) is 11.3 Å². The molecule has 0 saturated heterocycles. The third kappa shape index (κ3) is 3.57. The first-order valence-corrected chi connectivity index (χ1v) is 6.59. The van der Waals surface area contributed by atoms with E-state index in [2.05, 4.69) is 22.0 Å². The van der Waals surface area contributed by atoms with Crippen LogP contribution in [0.4, 0.5) is 0 Å². The van der Waals surface area contributed by atoms with Crippen LogP contribution in [0.15, 0.2) is 46.9 Å². The molecule has 0 heterocycles. The van der Waals surface area contributed by atoms with Crippen molar-refractivity contribution in [3.05, 3.63) is 58.1 Å². The Balaban J connectivity index is 2.19. The maximum atomic E-state index is 9.06. The van der Waals surface area contributed by atoms with E-state index in [1.54, 1.807) is 12.1 Å². The van der Waals surface area contributed by atoms with Gasteiger partial charge < -0.3 is 9.84 Å². The van der Waals surface area contributed by atoms with Gasteiger partial charge in [0.1, 0.15) is 17.6 Å². The van der Waals surface area contributed by atoms with Crippen LogP contribution in [0.2, 0.25) is 0 Å². The molecule has 0 unspecified atom stereocenters. The highest BCUT2D eigenvalue weighted by Gasteiger charge is 2.05. The van der Waals surface area contributed by atoms with E-state index in [1.165, 1.54) is 0 Å². The van der Waals surface area contributed by atoms with E-state index in [1.807, 2.05) is 30.3 Å². The van der Waals surface area contributed by atoms with Crippen LogP contribution in [0.3, 0.4) is 0 Å². The van der Waals surface area contributed by atoms with E-state index in [4.69, 9.17) is 15.1 Å². The smallest absolute Gasteiger partial charge is 0.145 e. The van der Waals surface area contributed by atoms with Gasteiger partial charge in [-0.05, 0) is 42.3 Å². The van der Waals surface area contributed by atoms with Gasteiger partial charge in [0.15, 0.2) is 0 Å². The van der Waals surface area contributed by atoms with E-state index in [9.17, 15) is 0 Å². The van der Waals surface area contributed by atoms with Gasteiger partial charge in [-0.1, -0.05) is 28.1 Å². The lowest BCUT2D eigenvalue weighted by Gasteiger charge is -2.08. The van der Waals surface area contributed by atoms with Crippen LogP contribution in [0.25, 0.3) is 0 Å². The van der Waals surface area contributed by atoms with Crippen molar-refractivity contribution < 1.29 is 9.84 Å². The molecule has 1 N–H and O–H groups in total. The van der Waals surface area contributed by atoms with Crippen molar-refractivity contribution in [2.24, 2.45) is 0 Å². The number of ether oxygens (including phenoxy) is 1. The zero-order chi connectivity index (χ0) is 13.7. The van der Waals surface area contributed by atoms with Gasteiger partial charge in [0.2, 0.25) is 0 Å². The van der Waals surface area contributed by atoms with Crippen LogP contribution in [-0.4, -0.2) is 11.7 Å². The number of nitrogens with zero attached hydrogens (tertiary/aromatic N) is 1. The topological polar surface area (TPSA) is 53.2 Å². The molecule has 0 aliphatic rings. The number of nitriles is 1. The molecule has 4 heteroatoms. The Morgan fingerprint density at radius 2 is 1.89 bits per heavy atom. The third-order valence-corrected chi connectivity index (χ3v) is 3.11. The molecule has 0 aromatic heterocycles. The molecule has 2 rings (SSSR count). The predicted octanol–water partition coefficient (Wildman–Crippen LogP) is 3.65. The van der Waals surface area contributed by atoms with E-state index in [0.29, 0.717) is 23.5 Å². The summed E-state index contributed by atoms with van der Waals surface area (Å²) in [5.74, 6) is 1.20. The average molecular weight is 318 g/mol. The molecule has 2 aromatic rings. The Bertz CT molecular complexity index is 603. The number of aliphatic hydroxyl groups excluding tert-OH is 1. The molecular weight excluding hydrogens is 306 g/mol. The standard InChI is InChI=1S/C15H12BrNO2/c16-13-3-6-15(12(9-13)10-17)19-14-4-1-11(2-5-14)7-8-18/h1-6,9,18H,7-8H2. The lowest BCUT2D eigenvalue weighted by Crippen LogP contribution is -1.91. The first kappa shape index (κ1) is 13.6. The fraction of sp³-hybridized carbons (Fsp3) is 0.133. The molecule has 0 bridgehead atoms. The minimum Gasteiger partial charge on any atom is -0.456 e. The normalized spacial score (nSPS) is 9.95. The average Bonchev–Trinajstić information content (AvgIpc) is 2.43. The van der Waals surface area contributed by atoms with Gasteiger partial charge in [-0.15, -0.1) is 0 Å². The Morgan fingerprint density at radius 3 is 2.53 bits per heavy atom. The van der Waals surface area contributed by atoms with Crippen LogP contribution < -0.4 is 4.74 Å². The van der Waals surface area contributed by atoms with E-state index in [0.717, 1.165) is 10.0 Å². The van der Waals surface area contributed by atoms with Crippen LogP contribution in [0.1, 0.15) is 11.1 Å². The van der Waals surface area contributed by atoms with E-state index >= 15 is 0 Å². The van der Waals surface area contributed by atoms with Gasteiger partial charge in [-0.2, -0.15) is 5.26 Å². The second kappa shape index (κ2) is 6.37. The summed E-state index contributed by atoms with van der Waals surface area (Å²) < 4.78 is 6.52. The summed E-state index contributed by atoms with van der Waals surface area (Å²) in [6.45, 7) is 0.130. The highest BCUT2D eigenvalue weighted by molar-refractivity contribution is 9.10. The first-order valence-electron chi connectivity index (χ1n) is 5.80. The summed E-state index contributed by atoms with van der Waals surface area (Å²) in [5, 5.41) is 17.9. The molecule has 0 aliphatic heterocycles. The summed E-state index contributed by atoms with van der Waals surface area (Å²) >= 11 is 3.32. The van der Waals surface area contributed by atoms with Crippen LogP contribution in [0.5, 0.6) is 11.5 Å². The second-order valence-electron chi connectivity index (χ2n) is 3.97. The van der Waals surface area contributed by atoms with Gasteiger partial charge in [0.05, 0.1) is 5.56 Å². The zero-order valence-corrected chi connectivity index (χ0v) is 11.7. The molecule has 3 nitrogen and oxygen atoms in total. The summed E-state index contributed by atoms with van der Waals surface area (Å²) in [6, 6.07) is 14.9. The number of hydrogen-bond donors (Lipinski definition) is 1. The second-order valence-corrected chi connectivity index (χ2v) is 4.89. The predicted molar refractivity (Wildman–Crippen MR) is 76.2 cm³/mol. The van der Waals surface area contributed by atoms with Gasteiger partial charge in [-0.3, -0.25) is 0 Å². The molecule has 19 heavy (non-hydrogen) atoms. The minimum atomic E-state index is 0.130. The highest BCUT2D eigenvalue weighted by atomic mass is 79.9. The molecule has 0 fully saturated rings. The molecule has 0 atom stereocenters. The summed E-state index contributed by atoms with van der Waals surface area (Å²) in [5.41, 5.74) is 1.53. The zero-order valence-electron chi connectivity index (χ0n) is 10.1. The lowest BCUT2D eigenvalue weighted by atomic mass is 10.1. The molecular formula is C15H12BrNO2. The Kier molecular flexibility index (Phi) is 4.56. The van der Waals surface area contributed by atoms with Crippen molar-refractivity contribution in [3.8, 4) is 17.6 Å². The Labute approximate surface area is 120 Å². The molecule has 0 amide bonds. The Morgan fingerprint density at radius 1 is 1.16 bits per heavy atom. The van der Waals surface area contributed by atoms with Crippen molar-refractivity contribution >= 4 is 15.9 Å². The maximum Gasteiger partial charge on any atom is 0.145 e. The number of halogens is 1. The first-order chi connectivity index (χ1) is 9.22. The molecule has 0 aliphatic carbocycles. The lowest BCUT2D eigenvalue weighted by molar-refractivity contribution is 0.299. The quantitative estimate of drug-likeness (QED) is 0.936. The van der Waals surface area contributed by atoms with Gasteiger partial charge in [0.25, 0.3) is 0 Å². The van der Waals surface area contributed by atoms with E-state index < -0.39 is 0 Å². The summed E-state index contributed by atoms with van der Waals surface area (Å²) in [6.07, 6.45) is 0.627. The third-order valence-electron chi connectivity index (χ3n) is 2.61. The fourth-order valence-electron chi connectivity index (χ4n) is 1.66.